The standard InChI is InChI=1S/C14H11FN2O3/c1-2-5-20-14(19)12(15)13(18)9-3-4-10(7-16)11(6-9)8-17/h3-4,6,12H,2,5H2,1H3. The van der Waals surface area contributed by atoms with E-state index < -0.39 is 17.9 Å². The molecule has 1 atom stereocenters. The number of rotatable bonds is 5. The van der Waals surface area contributed by atoms with Crippen LogP contribution in [0.3, 0.4) is 0 Å². The Morgan fingerprint density at radius 2 is 1.95 bits per heavy atom. The number of ether oxygens (including phenoxy) is 1. The van der Waals surface area contributed by atoms with E-state index in [1.807, 2.05) is 0 Å². The van der Waals surface area contributed by atoms with Crippen LogP contribution in [0.2, 0.25) is 0 Å². The number of hydrogen-bond acceptors (Lipinski definition) is 5. The van der Waals surface area contributed by atoms with Crippen LogP contribution in [0.5, 0.6) is 0 Å². The van der Waals surface area contributed by atoms with Gasteiger partial charge in [-0.3, -0.25) is 4.79 Å². The van der Waals surface area contributed by atoms with Crippen LogP contribution in [0.1, 0.15) is 34.8 Å². The molecule has 0 radical (unpaired) electrons. The Kier molecular flexibility index (Phi) is 5.37. The summed E-state index contributed by atoms with van der Waals surface area (Å²) in [5, 5.41) is 17.6. The van der Waals surface area contributed by atoms with E-state index in [0.29, 0.717) is 6.42 Å². The molecule has 0 saturated carbocycles. The number of nitriles is 2. The van der Waals surface area contributed by atoms with Crippen molar-refractivity contribution in [2.75, 3.05) is 6.61 Å². The molecule has 0 aromatic heterocycles. The number of carbonyl (C=O) groups excluding carboxylic acids is 2. The molecule has 0 saturated heterocycles. The van der Waals surface area contributed by atoms with Gasteiger partial charge in [0.25, 0.3) is 6.17 Å². The maximum absolute atomic E-state index is 13.6. The number of carbonyl (C=O) groups is 2. The molecule has 6 heteroatoms. The first-order valence-electron chi connectivity index (χ1n) is 5.84. The SMILES string of the molecule is CCCOC(=O)C(F)C(=O)c1ccc(C#N)c(C#N)c1. The fourth-order valence-corrected chi connectivity index (χ4v) is 1.42. The molecule has 0 aliphatic carbocycles. The molecular formula is C14H11FN2O3. The number of esters is 1. The van der Waals surface area contributed by atoms with Gasteiger partial charge in [-0.1, -0.05) is 6.92 Å². The van der Waals surface area contributed by atoms with Crippen molar-refractivity contribution in [3.8, 4) is 12.1 Å². The Balaban J connectivity index is 2.96. The number of benzene rings is 1. The maximum Gasteiger partial charge on any atom is 0.349 e. The van der Waals surface area contributed by atoms with Crippen LogP contribution in [0.4, 0.5) is 4.39 Å². The molecule has 1 rings (SSSR count). The zero-order valence-corrected chi connectivity index (χ0v) is 10.7. The molecule has 20 heavy (non-hydrogen) atoms. The third kappa shape index (κ3) is 3.39. The summed E-state index contributed by atoms with van der Waals surface area (Å²) in [5.74, 6) is -2.34. The predicted molar refractivity (Wildman–Crippen MR) is 66.3 cm³/mol. The summed E-state index contributed by atoms with van der Waals surface area (Å²) in [7, 11) is 0. The second-order valence-corrected chi connectivity index (χ2v) is 3.88. The third-order valence-electron chi connectivity index (χ3n) is 2.43. The molecule has 0 fully saturated rings. The van der Waals surface area contributed by atoms with Crippen LogP contribution in [0, 0.1) is 22.7 Å². The normalized spacial score (nSPS) is 11.0. The summed E-state index contributed by atoms with van der Waals surface area (Å²) < 4.78 is 18.2. The average molecular weight is 274 g/mol. The lowest BCUT2D eigenvalue weighted by molar-refractivity contribution is -0.147. The maximum atomic E-state index is 13.6. The fraction of sp³-hybridized carbons (Fsp3) is 0.286. The quantitative estimate of drug-likeness (QED) is 0.464. The first-order chi connectivity index (χ1) is 9.54. The lowest BCUT2D eigenvalue weighted by Gasteiger charge is -2.08. The van der Waals surface area contributed by atoms with Crippen molar-refractivity contribution in [1.29, 1.82) is 10.5 Å². The highest BCUT2D eigenvalue weighted by Crippen LogP contribution is 2.14. The topological polar surface area (TPSA) is 90.9 Å². The molecule has 0 amide bonds. The molecule has 0 heterocycles. The largest absolute Gasteiger partial charge is 0.463 e. The van der Waals surface area contributed by atoms with Gasteiger partial charge in [0.2, 0.25) is 5.78 Å². The fourth-order valence-electron chi connectivity index (χ4n) is 1.42. The van der Waals surface area contributed by atoms with E-state index in [9.17, 15) is 14.0 Å². The van der Waals surface area contributed by atoms with Crippen molar-refractivity contribution in [2.45, 2.75) is 19.5 Å². The second kappa shape index (κ2) is 7.01. The molecule has 1 unspecified atom stereocenters. The molecule has 5 nitrogen and oxygen atoms in total. The second-order valence-electron chi connectivity index (χ2n) is 3.88. The minimum Gasteiger partial charge on any atom is -0.463 e. The lowest BCUT2D eigenvalue weighted by Crippen LogP contribution is -2.28. The van der Waals surface area contributed by atoms with Gasteiger partial charge in [-0.05, 0) is 24.6 Å². The lowest BCUT2D eigenvalue weighted by atomic mass is 10.0. The summed E-state index contributed by atoms with van der Waals surface area (Å²) >= 11 is 0. The number of alkyl halides is 1. The summed E-state index contributed by atoms with van der Waals surface area (Å²) in [6.45, 7) is 1.77. The van der Waals surface area contributed by atoms with Gasteiger partial charge in [0.1, 0.15) is 12.1 Å². The Hall–Kier alpha value is -2.73. The smallest absolute Gasteiger partial charge is 0.349 e. The summed E-state index contributed by atoms with van der Waals surface area (Å²) in [6, 6.07) is 7.02. The number of nitrogens with zero attached hydrogens (tertiary/aromatic N) is 2. The van der Waals surface area contributed by atoms with Crippen LogP contribution in [-0.2, 0) is 9.53 Å². The van der Waals surface area contributed by atoms with Gasteiger partial charge >= 0.3 is 5.97 Å². The van der Waals surface area contributed by atoms with Crippen molar-refractivity contribution >= 4 is 11.8 Å². The molecule has 1 aromatic carbocycles. The van der Waals surface area contributed by atoms with E-state index in [2.05, 4.69) is 4.74 Å². The minimum absolute atomic E-state index is 0.0311. The van der Waals surface area contributed by atoms with E-state index in [-0.39, 0.29) is 23.3 Å². The van der Waals surface area contributed by atoms with Gasteiger partial charge in [0, 0.05) is 5.56 Å². The Labute approximate surface area is 115 Å². The van der Waals surface area contributed by atoms with E-state index in [0.717, 1.165) is 6.07 Å². The molecule has 0 N–H and O–H groups in total. The highest BCUT2D eigenvalue weighted by atomic mass is 19.1. The third-order valence-corrected chi connectivity index (χ3v) is 2.43. The van der Waals surface area contributed by atoms with E-state index in [1.165, 1.54) is 12.1 Å². The number of hydrogen-bond donors (Lipinski definition) is 0. The molecule has 0 aliphatic heterocycles. The Bertz CT molecular complexity index is 614. The van der Waals surface area contributed by atoms with Crippen LogP contribution < -0.4 is 0 Å². The molecule has 102 valence electrons. The van der Waals surface area contributed by atoms with Crippen molar-refractivity contribution < 1.29 is 18.7 Å². The number of halogens is 1. The van der Waals surface area contributed by atoms with Crippen molar-refractivity contribution in [3.05, 3.63) is 34.9 Å². The summed E-state index contributed by atoms with van der Waals surface area (Å²) in [4.78, 5) is 23.0. The van der Waals surface area contributed by atoms with Gasteiger partial charge in [0.15, 0.2) is 0 Å². The Morgan fingerprint density at radius 1 is 1.30 bits per heavy atom. The van der Waals surface area contributed by atoms with Gasteiger partial charge < -0.3 is 4.74 Å². The predicted octanol–water partition coefficient (Wildman–Crippen LogP) is 1.90. The van der Waals surface area contributed by atoms with E-state index in [4.69, 9.17) is 10.5 Å². The highest BCUT2D eigenvalue weighted by molar-refractivity contribution is 6.11. The van der Waals surface area contributed by atoms with Crippen LogP contribution in [-0.4, -0.2) is 24.5 Å². The monoisotopic (exact) mass is 274 g/mol. The molecular weight excluding hydrogens is 263 g/mol. The van der Waals surface area contributed by atoms with Crippen LogP contribution in [0.15, 0.2) is 18.2 Å². The zero-order chi connectivity index (χ0) is 15.1. The van der Waals surface area contributed by atoms with Gasteiger partial charge in [0.05, 0.1) is 17.7 Å². The average Bonchev–Trinajstić information content (AvgIpc) is 2.50. The number of Topliss-reactive ketones (excluding diaryl/α,β-unsaturated/α-hetero) is 1. The number of ketones is 1. The summed E-state index contributed by atoms with van der Waals surface area (Å²) in [6.07, 6.45) is -1.91. The van der Waals surface area contributed by atoms with Crippen molar-refractivity contribution in [3.63, 3.8) is 0 Å². The van der Waals surface area contributed by atoms with Crippen molar-refractivity contribution in [2.24, 2.45) is 0 Å². The molecule has 1 aromatic rings. The molecule has 0 aliphatic rings. The summed E-state index contributed by atoms with van der Waals surface area (Å²) in [5.41, 5.74) is -0.123. The van der Waals surface area contributed by atoms with Crippen molar-refractivity contribution in [1.82, 2.24) is 0 Å². The molecule has 0 bridgehead atoms. The van der Waals surface area contributed by atoms with Gasteiger partial charge in [-0.15, -0.1) is 0 Å². The van der Waals surface area contributed by atoms with Crippen LogP contribution >= 0.6 is 0 Å². The highest BCUT2D eigenvalue weighted by Gasteiger charge is 2.29. The first kappa shape index (κ1) is 15.3. The van der Waals surface area contributed by atoms with E-state index >= 15 is 0 Å². The zero-order valence-electron chi connectivity index (χ0n) is 10.7. The molecule has 0 spiro atoms. The van der Waals surface area contributed by atoms with E-state index in [1.54, 1.807) is 19.1 Å². The minimum atomic E-state index is -2.43. The first-order valence-corrected chi connectivity index (χ1v) is 5.84. The van der Waals surface area contributed by atoms with Crippen LogP contribution in [0.25, 0.3) is 0 Å². The van der Waals surface area contributed by atoms with Gasteiger partial charge in [-0.2, -0.15) is 10.5 Å². The van der Waals surface area contributed by atoms with Gasteiger partial charge in [-0.25, -0.2) is 9.18 Å². The Morgan fingerprint density at radius 3 is 2.50 bits per heavy atom.